The van der Waals surface area contributed by atoms with Gasteiger partial charge in [0.25, 0.3) is 0 Å². The van der Waals surface area contributed by atoms with Gasteiger partial charge in [0.05, 0.1) is 11.4 Å². The number of anilines is 1. The van der Waals surface area contributed by atoms with Crippen LogP contribution < -0.4 is 15.0 Å². The third-order valence-corrected chi connectivity index (χ3v) is 3.60. The lowest BCUT2D eigenvalue weighted by atomic mass is 10.2. The van der Waals surface area contributed by atoms with Crippen LogP contribution in [-0.4, -0.2) is 41.4 Å². The summed E-state index contributed by atoms with van der Waals surface area (Å²) in [5.41, 5.74) is 2.86. The van der Waals surface area contributed by atoms with E-state index in [0.29, 0.717) is 0 Å². The number of piperazine rings is 1. The first-order chi connectivity index (χ1) is 10.2. The van der Waals surface area contributed by atoms with E-state index in [0.717, 1.165) is 43.3 Å². The second-order valence-electron chi connectivity index (χ2n) is 5.10. The molecule has 0 amide bonds. The van der Waals surface area contributed by atoms with Gasteiger partial charge >= 0.3 is 6.01 Å². The summed E-state index contributed by atoms with van der Waals surface area (Å²) in [6, 6.07) is 8.30. The Kier molecular flexibility index (Phi) is 3.96. The fraction of sp³-hybridized carbons (Fsp3) is 0.400. The highest BCUT2D eigenvalue weighted by Crippen LogP contribution is 2.22. The largest absolute Gasteiger partial charge is 0.423 e. The SMILES string of the molecule is Cc1nnc(Oc2ccc(N3CCNCC3)cc2)nc1C. The topological polar surface area (TPSA) is 63.2 Å². The Morgan fingerprint density at radius 1 is 1.00 bits per heavy atom. The van der Waals surface area contributed by atoms with Crippen molar-refractivity contribution in [2.75, 3.05) is 31.1 Å². The molecule has 1 aromatic carbocycles. The van der Waals surface area contributed by atoms with Crippen LogP contribution in [-0.2, 0) is 0 Å². The van der Waals surface area contributed by atoms with Gasteiger partial charge in [-0.1, -0.05) is 5.10 Å². The van der Waals surface area contributed by atoms with Crippen molar-refractivity contribution in [1.29, 1.82) is 0 Å². The first-order valence-electron chi connectivity index (χ1n) is 7.14. The van der Waals surface area contributed by atoms with Crippen LogP contribution in [0.25, 0.3) is 0 Å². The van der Waals surface area contributed by atoms with E-state index in [-0.39, 0.29) is 6.01 Å². The standard InChI is InChI=1S/C15H19N5O/c1-11-12(2)18-19-15(17-11)21-14-5-3-13(4-6-14)20-9-7-16-8-10-20/h3-6,16H,7-10H2,1-2H3. The molecule has 1 fully saturated rings. The molecule has 6 heteroatoms. The lowest BCUT2D eigenvalue weighted by Gasteiger charge is -2.29. The van der Waals surface area contributed by atoms with E-state index >= 15 is 0 Å². The molecule has 1 aliphatic rings. The predicted molar refractivity (Wildman–Crippen MR) is 80.9 cm³/mol. The summed E-state index contributed by atoms with van der Waals surface area (Å²) in [5, 5.41) is 11.3. The van der Waals surface area contributed by atoms with E-state index in [1.54, 1.807) is 0 Å². The number of hydrogen-bond acceptors (Lipinski definition) is 6. The molecule has 110 valence electrons. The number of nitrogens with one attached hydrogen (secondary N) is 1. The van der Waals surface area contributed by atoms with Gasteiger partial charge in [-0.3, -0.25) is 0 Å². The predicted octanol–water partition coefficient (Wildman–Crippen LogP) is 1.69. The minimum absolute atomic E-state index is 0.285. The maximum absolute atomic E-state index is 5.64. The minimum atomic E-state index is 0.285. The van der Waals surface area contributed by atoms with Crippen LogP contribution in [0.2, 0.25) is 0 Å². The molecule has 0 saturated carbocycles. The van der Waals surface area contributed by atoms with Gasteiger partial charge in [0, 0.05) is 31.9 Å². The molecule has 1 saturated heterocycles. The maximum Gasteiger partial charge on any atom is 0.341 e. The number of aromatic nitrogens is 3. The van der Waals surface area contributed by atoms with Crippen LogP contribution in [0.3, 0.4) is 0 Å². The second-order valence-corrected chi connectivity index (χ2v) is 5.10. The highest BCUT2D eigenvalue weighted by Gasteiger charge is 2.10. The van der Waals surface area contributed by atoms with Crippen molar-refractivity contribution in [1.82, 2.24) is 20.5 Å². The summed E-state index contributed by atoms with van der Waals surface area (Å²) in [7, 11) is 0. The number of rotatable bonds is 3. The first kappa shape index (κ1) is 13.8. The Morgan fingerprint density at radius 3 is 2.38 bits per heavy atom. The van der Waals surface area contributed by atoms with Crippen LogP contribution in [0.15, 0.2) is 24.3 Å². The lowest BCUT2D eigenvalue weighted by molar-refractivity contribution is 0.430. The van der Waals surface area contributed by atoms with E-state index in [1.165, 1.54) is 5.69 Å². The molecule has 2 aromatic rings. The molecule has 2 heterocycles. The van der Waals surface area contributed by atoms with Gasteiger partial charge in [0.2, 0.25) is 0 Å². The normalized spacial score (nSPS) is 15.0. The molecule has 1 aliphatic heterocycles. The summed E-state index contributed by atoms with van der Waals surface area (Å²) in [5.74, 6) is 0.721. The van der Waals surface area contributed by atoms with Gasteiger partial charge in [-0.2, -0.15) is 4.98 Å². The van der Waals surface area contributed by atoms with E-state index in [1.807, 2.05) is 26.0 Å². The molecule has 0 spiro atoms. The van der Waals surface area contributed by atoms with Crippen molar-refractivity contribution in [3.8, 4) is 11.8 Å². The smallest absolute Gasteiger partial charge is 0.341 e. The average molecular weight is 285 g/mol. The summed E-state index contributed by atoms with van der Waals surface area (Å²) < 4.78 is 5.64. The van der Waals surface area contributed by atoms with Crippen molar-refractivity contribution < 1.29 is 4.74 Å². The molecular formula is C15H19N5O. The molecule has 1 aromatic heterocycles. The van der Waals surface area contributed by atoms with Gasteiger partial charge in [-0.05, 0) is 38.1 Å². The van der Waals surface area contributed by atoms with Crippen molar-refractivity contribution >= 4 is 5.69 Å². The maximum atomic E-state index is 5.64. The van der Waals surface area contributed by atoms with E-state index < -0.39 is 0 Å². The van der Waals surface area contributed by atoms with Crippen LogP contribution in [0.5, 0.6) is 11.8 Å². The quantitative estimate of drug-likeness (QED) is 0.926. The Morgan fingerprint density at radius 2 is 1.71 bits per heavy atom. The summed E-state index contributed by atoms with van der Waals surface area (Å²) in [6.45, 7) is 7.89. The Bertz CT molecular complexity index is 608. The molecule has 1 N–H and O–H groups in total. The third-order valence-electron chi connectivity index (χ3n) is 3.60. The number of benzene rings is 1. The van der Waals surface area contributed by atoms with E-state index in [9.17, 15) is 0 Å². The van der Waals surface area contributed by atoms with Gasteiger partial charge < -0.3 is 15.0 Å². The second kappa shape index (κ2) is 6.05. The van der Waals surface area contributed by atoms with Crippen molar-refractivity contribution in [2.24, 2.45) is 0 Å². The summed E-state index contributed by atoms with van der Waals surface area (Å²) in [4.78, 5) is 6.62. The van der Waals surface area contributed by atoms with Crippen LogP contribution in [0, 0.1) is 13.8 Å². The molecule has 3 rings (SSSR count). The lowest BCUT2D eigenvalue weighted by Crippen LogP contribution is -2.43. The Hall–Kier alpha value is -2.21. The number of ether oxygens (including phenoxy) is 1. The Labute approximate surface area is 124 Å². The van der Waals surface area contributed by atoms with E-state index in [4.69, 9.17) is 4.74 Å². The average Bonchev–Trinajstić information content (AvgIpc) is 2.53. The summed E-state index contributed by atoms with van der Waals surface area (Å²) >= 11 is 0. The summed E-state index contributed by atoms with van der Waals surface area (Å²) in [6.07, 6.45) is 0. The number of aryl methyl sites for hydroxylation is 2. The molecule has 0 bridgehead atoms. The highest BCUT2D eigenvalue weighted by molar-refractivity contribution is 5.49. The van der Waals surface area contributed by atoms with Crippen LogP contribution in [0.4, 0.5) is 5.69 Å². The van der Waals surface area contributed by atoms with Crippen molar-refractivity contribution in [3.05, 3.63) is 35.7 Å². The molecule has 0 atom stereocenters. The van der Waals surface area contributed by atoms with Crippen molar-refractivity contribution in [2.45, 2.75) is 13.8 Å². The van der Waals surface area contributed by atoms with Gasteiger partial charge in [0.15, 0.2) is 0 Å². The number of hydrogen-bond donors (Lipinski definition) is 1. The molecule has 6 nitrogen and oxygen atoms in total. The molecule has 0 unspecified atom stereocenters. The fourth-order valence-electron chi connectivity index (χ4n) is 2.23. The minimum Gasteiger partial charge on any atom is -0.423 e. The Balaban J connectivity index is 1.70. The zero-order valence-electron chi connectivity index (χ0n) is 12.3. The zero-order chi connectivity index (χ0) is 14.7. The van der Waals surface area contributed by atoms with Gasteiger partial charge in [-0.15, -0.1) is 5.10 Å². The first-order valence-corrected chi connectivity index (χ1v) is 7.14. The fourth-order valence-corrected chi connectivity index (χ4v) is 2.23. The van der Waals surface area contributed by atoms with Crippen LogP contribution >= 0.6 is 0 Å². The third kappa shape index (κ3) is 3.28. The molecule has 21 heavy (non-hydrogen) atoms. The van der Waals surface area contributed by atoms with E-state index in [2.05, 4.69) is 37.5 Å². The number of nitrogens with zero attached hydrogens (tertiary/aromatic N) is 4. The molecular weight excluding hydrogens is 266 g/mol. The van der Waals surface area contributed by atoms with Crippen LogP contribution in [0.1, 0.15) is 11.4 Å². The monoisotopic (exact) mass is 285 g/mol. The highest BCUT2D eigenvalue weighted by atomic mass is 16.5. The van der Waals surface area contributed by atoms with Gasteiger partial charge in [0.1, 0.15) is 5.75 Å². The van der Waals surface area contributed by atoms with Gasteiger partial charge in [-0.25, -0.2) is 0 Å². The molecule has 0 aliphatic carbocycles. The molecule has 0 radical (unpaired) electrons. The zero-order valence-corrected chi connectivity index (χ0v) is 12.3. The van der Waals surface area contributed by atoms with Crippen molar-refractivity contribution in [3.63, 3.8) is 0 Å².